The highest BCUT2D eigenvalue weighted by Crippen LogP contribution is 2.22. The summed E-state index contributed by atoms with van der Waals surface area (Å²) in [5.41, 5.74) is 5.19. The van der Waals surface area contributed by atoms with Crippen molar-refractivity contribution >= 4 is 11.8 Å². The maximum Gasteiger partial charge on any atom is 0.261 e. The summed E-state index contributed by atoms with van der Waals surface area (Å²) in [6.45, 7) is 10.9. The molecule has 0 heterocycles. The second kappa shape index (κ2) is 12.9. The highest BCUT2D eigenvalue weighted by Gasteiger charge is 2.31. The zero-order chi connectivity index (χ0) is 26.1. The fourth-order valence-electron chi connectivity index (χ4n) is 4.05. The van der Waals surface area contributed by atoms with Crippen LogP contribution >= 0.6 is 0 Å². The third kappa shape index (κ3) is 7.45. The molecule has 3 rings (SSSR count). The van der Waals surface area contributed by atoms with E-state index in [1.54, 1.807) is 4.90 Å². The highest BCUT2D eigenvalue weighted by molar-refractivity contribution is 5.88. The molecule has 0 fully saturated rings. The average molecular weight is 487 g/mol. The summed E-state index contributed by atoms with van der Waals surface area (Å²) < 4.78 is 5.98. The molecule has 0 aromatic heterocycles. The molecule has 0 bridgehead atoms. The number of rotatable bonds is 11. The van der Waals surface area contributed by atoms with Crippen molar-refractivity contribution in [2.24, 2.45) is 5.92 Å². The summed E-state index contributed by atoms with van der Waals surface area (Å²) in [4.78, 5) is 28.9. The molecule has 0 unspecified atom stereocenters. The van der Waals surface area contributed by atoms with Gasteiger partial charge >= 0.3 is 0 Å². The molecule has 0 saturated heterocycles. The Bertz CT molecular complexity index is 1160. The molecule has 3 aromatic carbocycles. The lowest BCUT2D eigenvalue weighted by Crippen LogP contribution is -2.52. The third-order valence-corrected chi connectivity index (χ3v) is 6.46. The van der Waals surface area contributed by atoms with Crippen LogP contribution in [0.4, 0.5) is 0 Å². The smallest absolute Gasteiger partial charge is 0.261 e. The minimum atomic E-state index is -0.666. The predicted molar refractivity (Wildman–Crippen MR) is 145 cm³/mol. The minimum absolute atomic E-state index is 0.140. The molecule has 0 spiro atoms. The van der Waals surface area contributed by atoms with Gasteiger partial charge in [0.05, 0.1) is 0 Å². The zero-order valence-corrected chi connectivity index (χ0v) is 22.1. The van der Waals surface area contributed by atoms with Crippen molar-refractivity contribution in [1.29, 1.82) is 0 Å². The molecule has 0 saturated carbocycles. The van der Waals surface area contributed by atoms with E-state index in [9.17, 15) is 9.59 Å². The first kappa shape index (κ1) is 27.0. The minimum Gasteiger partial charge on any atom is -0.483 e. The molecule has 190 valence electrons. The lowest BCUT2D eigenvalue weighted by molar-refractivity contribution is -0.142. The van der Waals surface area contributed by atoms with Gasteiger partial charge in [0.15, 0.2) is 6.61 Å². The number of benzene rings is 3. The lowest BCUT2D eigenvalue weighted by atomic mass is 10.0. The fourth-order valence-corrected chi connectivity index (χ4v) is 4.05. The Balaban J connectivity index is 1.93. The van der Waals surface area contributed by atoms with Crippen LogP contribution in [0, 0.1) is 26.7 Å². The second-order valence-corrected chi connectivity index (χ2v) is 9.78. The predicted octanol–water partition coefficient (Wildman–Crippen LogP) is 5.40. The van der Waals surface area contributed by atoms with Gasteiger partial charge in [-0.3, -0.25) is 9.59 Å². The van der Waals surface area contributed by atoms with Gasteiger partial charge in [-0.15, -0.1) is 0 Å². The standard InChI is InChI=1S/C31H38N2O3/c1-22(2)19-32-31(35)28(18-26-14-7-6-8-15-26)33(20-27-16-10-9-12-24(27)4)30(34)21-36-29-17-11-13-23(3)25(29)5/h6-17,22,28H,18-21H2,1-5H3,(H,32,35)/t28-/m0/s1. The van der Waals surface area contributed by atoms with Crippen LogP contribution in [0.25, 0.3) is 0 Å². The molecule has 5 nitrogen and oxygen atoms in total. The molecule has 0 aliphatic rings. The Morgan fingerprint density at radius 1 is 0.861 bits per heavy atom. The Hall–Kier alpha value is -3.60. The Kier molecular flexibility index (Phi) is 9.69. The second-order valence-electron chi connectivity index (χ2n) is 9.78. The van der Waals surface area contributed by atoms with Crippen molar-refractivity contribution in [3.05, 3.63) is 101 Å². The summed E-state index contributed by atoms with van der Waals surface area (Å²) in [7, 11) is 0. The summed E-state index contributed by atoms with van der Waals surface area (Å²) in [6.07, 6.45) is 0.422. The first-order chi connectivity index (χ1) is 17.3. The molecule has 5 heteroatoms. The number of carbonyl (C=O) groups excluding carboxylic acids is 2. The van der Waals surface area contributed by atoms with Gasteiger partial charge in [-0.05, 0) is 60.6 Å². The average Bonchev–Trinajstić information content (AvgIpc) is 2.87. The van der Waals surface area contributed by atoms with Crippen LogP contribution in [0.3, 0.4) is 0 Å². The molecule has 3 aromatic rings. The lowest BCUT2D eigenvalue weighted by Gasteiger charge is -2.32. The SMILES string of the molecule is Cc1ccccc1CN(C(=O)COc1cccc(C)c1C)[C@@H](Cc1ccccc1)C(=O)NCC(C)C. The third-order valence-electron chi connectivity index (χ3n) is 6.46. The van der Waals surface area contributed by atoms with Crippen molar-refractivity contribution in [3.8, 4) is 5.75 Å². The van der Waals surface area contributed by atoms with E-state index in [1.165, 1.54) is 0 Å². The van der Waals surface area contributed by atoms with Gasteiger partial charge in [0.2, 0.25) is 5.91 Å². The summed E-state index contributed by atoms with van der Waals surface area (Å²) in [6, 6.07) is 23.0. The monoisotopic (exact) mass is 486 g/mol. The molecular formula is C31H38N2O3. The van der Waals surface area contributed by atoms with E-state index >= 15 is 0 Å². The number of carbonyl (C=O) groups is 2. The van der Waals surface area contributed by atoms with Gasteiger partial charge in [-0.2, -0.15) is 0 Å². The van der Waals surface area contributed by atoms with Gasteiger partial charge in [-0.25, -0.2) is 0 Å². The van der Waals surface area contributed by atoms with E-state index in [-0.39, 0.29) is 18.4 Å². The molecule has 0 aliphatic heterocycles. The van der Waals surface area contributed by atoms with E-state index in [0.717, 1.165) is 27.8 Å². The zero-order valence-electron chi connectivity index (χ0n) is 22.1. The van der Waals surface area contributed by atoms with Crippen molar-refractivity contribution in [3.63, 3.8) is 0 Å². The first-order valence-electron chi connectivity index (χ1n) is 12.6. The molecular weight excluding hydrogens is 448 g/mol. The van der Waals surface area contributed by atoms with Gasteiger partial charge in [0.25, 0.3) is 5.91 Å². The molecule has 36 heavy (non-hydrogen) atoms. The van der Waals surface area contributed by atoms with Crippen LogP contribution < -0.4 is 10.1 Å². The van der Waals surface area contributed by atoms with Crippen LogP contribution in [0.15, 0.2) is 72.8 Å². The molecule has 1 atom stereocenters. The number of nitrogens with zero attached hydrogens (tertiary/aromatic N) is 1. The van der Waals surface area contributed by atoms with E-state index in [0.29, 0.717) is 31.2 Å². The normalized spacial score (nSPS) is 11.7. The first-order valence-corrected chi connectivity index (χ1v) is 12.6. The van der Waals surface area contributed by atoms with E-state index in [2.05, 4.69) is 19.2 Å². The van der Waals surface area contributed by atoms with Gasteiger partial charge < -0.3 is 15.0 Å². The van der Waals surface area contributed by atoms with Crippen molar-refractivity contribution in [2.75, 3.05) is 13.2 Å². The van der Waals surface area contributed by atoms with Crippen LogP contribution in [0.2, 0.25) is 0 Å². The number of hydrogen-bond acceptors (Lipinski definition) is 3. The van der Waals surface area contributed by atoms with Crippen molar-refractivity contribution in [1.82, 2.24) is 10.2 Å². The molecule has 0 radical (unpaired) electrons. The van der Waals surface area contributed by atoms with Crippen LogP contribution in [0.5, 0.6) is 5.75 Å². The summed E-state index contributed by atoms with van der Waals surface area (Å²) in [5, 5.41) is 3.05. The Labute approximate surface area is 215 Å². The van der Waals surface area contributed by atoms with Gasteiger partial charge in [-0.1, -0.05) is 80.6 Å². The number of ether oxygens (including phenoxy) is 1. The number of nitrogens with one attached hydrogen (secondary N) is 1. The molecule has 1 N–H and O–H groups in total. The van der Waals surface area contributed by atoms with Gasteiger partial charge in [0.1, 0.15) is 11.8 Å². The molecule has 0 aliphatic carbocycles. The van der Waals surface area contributed by atoms with E-state index in [1.807, 2.05) is 93.6 Å². The number of amides is 2. The maximum atomic E-state index is 13.7. The molecule has 2 amide bonds. The summed E-state index contributed by atoms with van der Waals surface area (Å²) in [5.74, 6) is 0.614. The van der Waals surface area contributed by atoms with Gasteiger partial charge in [0, 0.05) is 19.5 Å². The fraction of sp³-hybridized carbons (Fsp3) is 0.355. The van der Waals surface area contributed by atoms with E-state index < -0.39 is 6.04 Å². The summed E-state index contributed by atoms with van der Waals surface area (Å²) >= 11 is 0. The topological polar surface area (TPSA) is 58.6 Å². The number of aryl methyl sites for hydroxylation is 2. The quantitative estimate of drug-likeness (QED) is 0.395. The van der Waals surface area contributed by atoms with Crippen molar-refractivity contribution < 1.29 is 14.3 Å². The Morgan fingerprint density at radius 2 is 1.53 bits per heavy atom. The maximum absolute atomic E-state index is 13.7. The number of hydrogen-bond donors (Lipinski definition) is 1. The highest BCUT2D eigenvalue weighted by atomic mass is 16.5. The van der Waals surface area contributed by atoms with Crippen LogP contribution in [0.1, 0.15) is 41.7 Å². The van der Waals surface area contributed by atoms with Crippen molar-refractivity contribution in [2.45, 2.75) is 53.6 Å². The van der Waals surface area contributed by atoms with E-state index in [4.69, 9.17) is 4.74 Å². The van der Waals surface area contributed by atoms with Crippen LogP contribution in [-0.2, 0) is 22.6 Å². The Morgan fingerprint density at radius 3 is 2.22 bits per heavy atom. The van der Waals surface area contributed by atoms with Crippen LogP contribution in [-0.4, -0.2) is 35.9 Å². The largest absolute Gasteiger partial charge is 0.483 e.